The largest absolute Gasteiger partial charge is 0.384 e. The Morgan fingerprint density at radius 3 is 2.43 bits per heavy atom. The molecule has 1 rings (SSSR count). The number of carbonyl (C=O) groups is 1. The Morgan fingerprint density at radius 2 is 1.86 bits per heavy atom. The van der Waals surface area contributed by atoms with Gasteiger partial charge in [0.2, 0.25) is 15.9 Å². The van der Waals surface area contributed by atoms with Gasteiger partial charge in [-0.1, -0.05) is 19.1 Å². The third kappa shape index (κ3) is 6.24. The highest BCUT2D eigenvalue weighted by Crippen LogP contribution is 2.10. The summed E-state index contributed by atoms with van der Waals surface area (Å²) in [5, 5.41) is 2.61. The fourth-order valence-electron chi connectivity index (χ4n) is 1.66. The standard InChI is InChI=1S/C14H22N2O4S/c1-3-12-4-6-13(7-5-12)21(18,19)16-10-9-15-14(17)8-11-20-2/h4-7,16H,3,8-11H2,1-2H3,(H,15,17). The number of nitrogens with one attached hydrogen (secondary N) is 2. The molecule has 0 fully saturated rings. The second kappa shape index (κ2) is 8.76. The van der Waals surface area contributed by atoms with Crippen molar-refractivity contribution in [2.45, 2.75) is 24.7 Å². The molecule has 6 nitrogen and oxygen atoms in total. The molecule has 21 heavy (non-hydrogen) atoms. The lowest BCUT2D eigenvalue weighted by atomic mass is 10.2. The van der Waals surface area contributed by atoms with Crippen molar-refractivity contribution in [1.29, 1.82) is 0 Å². The van der Waals surface area contributed by atoms with Crippen molar-refractivity contribution >= 4 is 15.9 Å². The summed E-state index contributed by atoms with van der Waals surface area (Å²) in [5.74, 6) is -0.164. The van der Waals surface area contributed by atoms with Gasteiger partial charge in [0.05, 0.1) is 11.5 Å². The van der Waals surface area contributed by atoms with Crippen LogP contribution >= 0.6 is 0 Å². The normalized spacial score (nSPS) is 11.3. The summed E-state index contributed by atoms with van der Waals surface area (Å²) in [6.45, 7) is 2.75. The number of methoxy groups -OCH3 is 1. The van der Waals surface area contributed by atoms with Gasteiger partial charge in [0.1, 0.15) is 0 Å². The minimum atomic E-state index is -3.53. The molecule has 0 aliphatic heterocycles. The molecule has 0 saturated carbocycles. The number of aryl methyl sites for hydroxylation is 1. The van der Waals surface area contributed by atoms with E-state index in [0.29, 0.717) is 6.61 Å². The van der Waals surface area contributed by atoms with Gasteiger partial charge < -0.3 is 10.1 Å². The van der Waals surface area contributed by atoms with Crippen LogP contribution in [0.25, 0.3) is 0 Å². The van der Waals surface area contributed by atoms with Crippen LogP contribution in [0.5, 0.6) is 0 Å². The number of benzene rings is 1. The number of ether oxygens (including phenoxy) is 1. The van der Waals surface area contributed by atoms with Gasteiger partial charge in [-0.3, -0.25) is 4.79 Å². The Bertz CT molecular complexity index is 541. The van der Waals surface area contributed by atoms with Crippen molar-refractivity contribution in [3.63, 3.8) is 0 Å². The molecule has 0 saturated heterocycles. The Balaban J connectivity index is 2.40. The SMILES string of the molecule is CCc1ccc(S(=O)(=O)NCCNC(=O)CCOC)cc1. The van der Waals surface area contributed by atoms with Crippen molar-refractivity contribution in [3.05, 3.63) is 29.8 Å². The summed E-state index contributed by atoms with van der Waals surface area (Å²) in [7, 11) is -2.01. The second-order valence-electron chi connectivity index (χ2n) is 4.49. The summed E-state index contributed by atoms with van der Waals surface area (Å²) < 4.78 is 31.2. The summed E-state index contributed by atoms with van der Waals surface area (Å²) in [5.41, 5.74) is 1.08. The number of amides is 1. The first-order chi connectivity index (χ1) is 9.99. The van der Waals surface area contributed by atoms with Crippen LogP contribution in [-0.4, -0.2) is 41.1 Å². The van der Waals surface area contributed by atoms with E-state index in [-0.39, 0.29) is 30.3 Å². The molecule has 1 amide bonds. The zero-order valence-electron chi connectivity index (χ0n) is 12.4. The van der Waals surface area contributed by atoms with Crippen molar-refractivity contribution < 1.29 is 17.9 Å². The number of sulfonamides is 1. The molecule has 0 heterocycles. The number of hydrogen-bond donors (Lipinski definition) is 2. The maximum absolute atomic E-state index is 12.0. The third-order valence-corrected chi connectivity index (χ3v) is 4.39. The van der Waals surface area contributed by atoms with E-state index in [1.807, 2.05) is 6.92 Å². The van der Waals surface area contributed by atoms with Gasteiger partial charge in [-0.2, -0.15) is 0 Å². The number of carbonyl (C=O) groups excluding carboxylic acids is 1. The quantitative estimate of drug-likeness (QED) is 0.657. The summed E-state index contributed by atoms with van der Waals surface area (Å²) >= 11 is 0. The van der Waals surface area contributed by atoms with E-state index in [2.05, 4.69) is 10.0 Å². The lowest BCUT2D eigenvalue weighted by Gasteiger charge is -2.08. The highest BCUT2D eigenvalue weighted by atomic mass is 32.2. The molecule has 0 aliphatic rings. The fourth-order valence-corrected chi connectivity index (χ4v) is 2.69. The van der Waals surface area contributed by atoms with Gasteiger partial charge in [0.15, 0.2) is 0 Å². The van der Waals surface area contributed by atoms with Gasteiger partial charge in [0.25, 0.3) is 0 Å². The summed E-state index contributed by atoms with van der Waals surface area (Å²) in [6.07, 6.45) is 1.13. The van der Waals surface area contributed by atoms with E-state index in [9.17, 15) is 13.2 Å². The van der Waals surface area contributed by atoms with Gasteiger partial charge >= 0.3 is 0 Å². The van der Waals surface area contributed by atoms with Crippen LogP contribution in [-0.2, 0) is 26.0 Å². The van der Waals surface area contributed by atoms with Crippen LogP contribution in [0.4, 0.5) is 0 Å². The topological polar surface area (TPSA) is 84.5 Å². The molecule has 1 aromatic rings. The van der Waals surface area contributed by atoms with Crippen molar-refractivity contribution in [2.24, 2.45) is 0 Å². The maximum Gasteiger partial charge on any atom is 0.240 e. The predicted octanol–water partition coefficient (Wildman–Crippen LogP) is 0.680. The van der Waals surface area contributed by atoms with Crippen LogP contribution in [0.3, 0.4) is 0 Å². The first-order valence-electron chi connectivity index (χ1n) is 6.84. The van der Waals surface area contributed by atoms with E-state index in [1.54, 1.807) is 24.3 Å². The molecule has 1 aromatic carbocycles. The first-order valence-corrected chi connectivity index (χ1v) is 8.32. The van der Waals surface area contributed by atoms with E-state index in [4.69, 9.17) is 4.74 Å². The third-order valence-electron chi connectivity index (χ3n) is 2.91. The molecule has 0 unspecified atom stereocenters. The summed E-state index contributed by atoms with van der Waals surface area (Å²) in [4.78, 5) is 11.5. The van der Waals surface area contributed by atoms with Crippen LogP contribution < -0.4 is 10.0 Å². The Hall–Kier alpha value is -1.44. The maximum atomic E-state index is 12.0. The Kier molecular flexibility index (Phi) is 7.35. The van der Waals surface area contributed by atoms with E-state index < -0.39 is 10.0 Å². The van der Waals surface area contributed by atoms with Gasteiger partial charge in [-0.15, -0.1) is 0 Å². The average Bonchev–Trinajstić information content (AvgIpc) is 2.49. The highest BCUT2D eigenvalue weighted by molar-refractivity contribution is 7.89. The zero-order valence-corrected chi connectivity index (χ0v) is 13.2. The molecular weight excluding hydrogens is 292 g/mol. The molecule has 0 spiro atoms. The molecule has 0 bridgehead atoms. The Morgan fingerprint density at radius 1 is 1.19 bits per heavy atom. The van der Waals surface area contributed by atoms with E-state index >= 15 is 0 Å². The highest BCUT2D eigenvalue weighted by Gasteiger charge is 2.12. The predicted molar refractivity (Wildman–Crippen MR) is 80.5 cm³/mol. The first kappa shape index (κ1) is 17.6. The molecule has 118 valence electrons. The molecule has 0 atom stereocenters. The summed E-state index contributed by atoms with van der Waals surface area (Å²) in [6, 6.07) is 6.75. The van der Waals surface area contributed by atoms with Crippen LogP contribution in [0.15, 0.2) is 29.2 Å². The van der Waals surface area contributed by atoms with Crippen molar-refractivity contribution in [2.75, 3.05) is 26.8 Å². The molecular formula is C14H22N2O4S. The van der Waals surface area contributed by atoms with E-state index in [1.165, 1.54) is 7.11 Å². The molecule has 7 heteroatoms. The fraction of sp³-hybridized carbons (Fsp3) is 0.500. The minimum Gasteiger partial charge on any atom is -0.384 e. The second-order valence-corrected chi connectivity index (χ2v) is 6.25. The van der Waals surface area contributed by atoms with Crippen molar-refractivity contribution in [1.82, 2.24) is 10.0 Å². The average molecular weight is 314 g/mol. The Labute approximate surface area is 125 Å². The molecule has 2 N–H and O–H groups in total. The van der Waals surface area contributed by atoms with E-state index in [0.717, 1.165) is 12.0 Å². The monoisotopic (exact) mass is 314 g/mol. The molecule has 0 aromatic heterocycles. The zero-order chi connectivity index (χ0) is 15.7. The van der Waals surface area contributed by atoms with Gasteiger partial charge in [-0.05, 0) is 24.1 Å². The van der Waals surface area contributed by atoms with Gasteiger partial charge in [-0.25, -0.2) is 13.1 Å². The molecule has 0 radical (unpaired) electrons. The van der Waals surface area contributed by atoms with Gasteiger partial charge in [0, 0.05) is 26.6 Å². The lowest BCUT2D eigenvalue weighted by molar-refractivity contribution is -0.121. The number of hydrogen-bond acceptors (Lipinski definition) is 4. The van der Waals surface area contributed by atoms with Crippen LogP contribution in [0.2, 0.25) is 0 Å². The minimum absolute atomic E-state index is 0.149. The van der Waals surface area contributed by atoms with Crippen LogP contribution in [0.1, 0.15) is 18.9 Å². The van der Waals surface area contributed by atoms with Crippen molar-refractivity contribution in [3.8, 4) is 0 Å². The van der Waals surface area contributed by atoms with Crippen LogP contribution in [0, 0.1) is 0 Å². The molecule has 0 aliphatic carbocycles. The smallest absolute Gasteiger partial charge is 0.240 e. The number of rotatable bonds is 9. The lowest BCUT2D eigenvalue weighted by Crippen LogP contribution is -2.35.